The number of rotatable bonds is 5. The Hall–Kier alpha value is -2.34. The molecule has 0 saturated heterocycles. The number of anilines is 4. The van der Waals surface area contributed by atoms with Crippen LogP contribution >= 0.6 is 23.5 Å². The number of thioether (sulfide) groups is 2. The Bertz CT molecular complexity index is 831. The molecule has 1 heterocycles. The predicted octanol–water partition coefficient (Wildman–Crippen LogP) is 2.69. The number of halogens is 3. The van der Waals surface area contributed by atoms with Crippen LogP contribution in [0.2, 0.25) is 0 Å². The third kappa shape index (κ3) is 4.85. The zero-order valence-electron chi connectivity index (χ0n) is 13.4. The number of nitrogens with zero attached hydrogens (tertiary/aromatic N) is 2. The molecule has 0 aliphatic carbocycles. The van der Waals surface area contributed by atoms with Gasteiger partial charge < -0.3 is 22.5 Å². The maximum Gasteiger partial charge on any atom is 0.416 e. The predicted molar refractivity (Wildman–Crippen MR) is 97.8 cm³/mol. The van der Waals surface area contributed by atoms with Crippen LogP contribution in [0.3, 0.4) is 0 Å². The fourth-order valence-electron chi connectivity index (χ4n) is 1.87. The van der Waals surface area contributed by atoms with Gasteiger partial charge in [-0.3, -0.25) is 4.79 Å². The normalized spacial score (nSPS) is 11.4. The average molecular weight is 404 g/mol. The molecule has 0 saturated carbocycles. The van der Waals surface area contributed by atoms with E-state index in [9.17, 15) is 18.0 Å². The first-order chi connectivity index (χ1) is 12.1. The third-order valence-corrected chi connectivity index (χ3v) is 4.77. The number of benzene rings is 1. The summed E-state index contributed by atoms with van der Waals surface area (Å²) >= 11 is 2.26. The summed E-state index contributed by atoms with van der Waals surface area (Å²) in [6.07, 6.45) is -2.78. The van der Waals surface area contributed by atoms with Gasteiger partial charge in [-0.15, -0.1) is 11.8 Å². The van der Waals surface area contributed by atoms with Gasteiger partial charge in [0.05, 0.1) is 28.4 Å². The molecule has 0 aliphatic heterocycles. The van der Waals surface area contributed by atoms with Crippen molar-refractivity contribution < 1.29 is 18.0 Å². The minimum Gasteiger partial charge on any atom is -0.397 e. The second-order valence-corrected chi connectivity index (χ2v) is 6.71. The molecule has 1 amide bonds. The molecule has 0 aliphatic rings. The minimum atomic E-state index is -4.54. The number of hydrogen-bond donors (Lipinski definition) is 4. The molecular weight excluding hydrogens is 389 g/mol. The molecule has 2 aromatic rings. The molecule has 7 N–H and O–H groups in total. The van der Waals surface area contributed by atoms with Crippen molar-refractivity contribution in [2.45, 2.75) is 16.2 Å². The van der Waals surface area contributed by atoms with E-state index in [1.165, 1.54) is 11.8 Å². The number of aromatic nitrogens is 2. The van der Waals surface area contributed by atoms with Crippen molar-refractivity contribution in [1.29, 1.82) is 0 Å². The van der Waals surface area contributed by atoms with Gasteiger partial charge in [0.25, 0.3) is 0 Å². The summed E-state index contributed by atoms with van der Waals surface area (Å²) in [6, 6.07) is 2.70. The Labute approximate surface area is 155 Å². The SMILES string of the molecule is CSc1nc(N)nc(SCC(=O)Nc2cc(C(F)(F)F)ccc2N)c1N. The van der Waals surface area contributed by atoms with Gasteiger partial charge in [0.2, 0.25) is 11.9 Å². The molecule has 0 spiro atoms. The Kier molecular flexibility index (Phi) is 6.08. The van der Waals surface area contributed by atoms with E-state index >= 15 is 0 Å². The lowest BCUT2D eigenvalue weighted by molar-refractivity contribution is -0.137. The number of amides is 1. The molecule has 0 radical (unpaired) electrons. The molecule has 1 aromatic heterocycles. The Morgan fingerprint density at radius 1 is 1.19 bits per heavy atom. The molecule has 2 rings (SSSR count). The molecule has 26 heavy (non-hydrogen) atoms. The lowest BCUT2D eigenvalue weighted by atomic mass is 10.1. The largest absolute Gasteiger partial charge is 0.416 e. The summed E-state index contributed by atoms with van der Waals surface area (Å²) in [5, 5.41) is 3.14. The van der Waals surface area contributed by atoms with Gasteiger partial charge in [0.15, 0.2) is 0 Å². The summed E-state index contributed by atoms with van der Waals surface area (Å²) in [7, 11) is 0. The third-order valence-electron chi connectivity index (χ3n) is 3.08. The first-order valence-corrected chi connectivity index (χ1v) is 9.19. The quantitative estimate of drug-likeness (QED) is 0.340. The van der Waals surface area contributed by atoms with E-state index < -0.39 is 17.6 Å². The molecule has 0 unspecified atom stereocenters. The van der Waals surface area contributed by atoms with E-state index in [0.717, 1.165) is 30.0 Å². The summed E-state index contributed by atoms with van der Waals surface area (Å²) in [6.45, 7) is 0. The van der Waals surface area contributed by atoms with Crippen molar-refractivity contribution in [2.75, 3.05) is 34.5 Å². The fourth-order valence-corrected chi connectivity index (χ4v) is 3.19. The highest BCUT2D eigenvalue weighted by atomic mass is 32.2. The second kappa shape index (κ2) is 7.91. The van der Waals surface area contributed by atoms with Crippen LogP contribution in [0.4, 0.5) is 36.2 Å². The molecule has 0 atom stereocenters. The van der Waals surface area contributed by atoms with Crippen LogP contribution < -0.4 is 22.5 Å². The molecule has 7 nitrogen and oxygen atoms in total. The van der Waals surface area contributed by atoms with Crippen molar-refractivity contribution in [2.24, 2.45) is 0 Å². The van der Waals surface area contributed by atoms with Crippen molar-refractivity contribution in [3.8, 4) is 0 Å². The number of alkyl halides is 3. The van der Waals surface area contributed by atoms with Crippen molar-refractivity contribution in [3.63, 3.8) is 0 Å². The van der Waals surface area contributed by atoms with Crippen LogP contribution in [-0.2, 0) is 11.0 Å². The maximum absolute atomic E-state index is 12.8. The molecular formula is C14H15F3N6OS2. The fraction of sp³-hybridized carbons (Fsp3) is 0.214. The Balaban J connectivity index is 2.10. The zero-order chi connectivity index (χ0) is 19.5. The number of nitrogens with one attached hydrogen (secondary N) is 1. The summed E-state index contributed by atoms with van der Waals surface area (Å²) in [4.78, 5) is 20.0. The highest BCUT2D eigenvalue weighted by molar-refractivity contribution is 8.00. The number of nitrogens with two attached hydrogens (primary N) is 3. The Morgan fingerprint density at radius 3 is 2.46 bits per heavy atom. The van der Waals surface area contributed by atoms with Crippen LogP contribution in [0.15, 0.2) is 28.3 Å². The second-order valence-electron chi connectivity index (χ2n) is 4.95. The van der Waals surface area contributed by atoms with Crippen molar-refractivity contribution in [1.82, 2.24) is 9.97 Å². The van der Waals surface area contributed by atoms with Crippen LogP contribution in [0.5, 0.6) is 0 Å². The van der Waals surface area contributed by atoms with E-state index in [1.54, 1.807) is 6.26 Å². The van der Waals surface area contributed by atoms with Gasteiger partial charge in [-0.05, 0) is 24.5 Å². The topological polar surface area (TPSA) is 133 Å². The molecule has 1 aromatic carbocycles. The van der Waals surface area contributed by atoms with Crippen LogP contribution in [0.1, 0.15) is 5.56 Å². The van der Waals surface area contributed by atoms with Crippen LogP contribution in [0.25, 0.3) is 0 Å². The number of carbonyl (C=O) groups is 1. The smallest absolute Gasteiger partial charge is 0.397 e. The highest BCUT2D eigenvalue weighted by Gasteiger charge is 2.31. The Morgan fingerprint density at radius 2 is 1.85 bits per heavy atom. The van der Waals surface area contributed by atoms with Gasteiger partial charge in [-0.25, -0.2) is 9.97 Å². The molecule has 12 heteroatoms. The number of hydrogen-bond acceptors (Lipinski definition) is 8. The monoisotopic (exact) mass is 404 g/mol. The zero-order valence-corrected chi connectivity index (χ0v) is 15.1. The first-order valence-electron chi connectivity index (χ1n) is 6.98. The average Bonchev–Trinajstić information content (AvgIpc) is 2.56. The molecule has 0 fully saturated rings. The summed E-state index contributed by atoms with van der Waals surface area (Å²) in [5.74, 6) is -0.707. The van der Waals surface area contributed by atoms with Gasteiger partial charge in [0, 0.05) is 0 Å². The van der Waals surface area contributed by atoms with E-state index in [0.29, 0.717) is 10.1 Å². The highest BCUT2D eigenvalue weighted by Crippen LogP contribution is 2.34. The molecule has 0 bridgehead atoms. The van der Waals surface area contributed by atoms with Crippen molar-refractivity contribution in [3.05, 3.63) is 23.8 Å². The van der Waals surface area contributed by atoms with Gasteiger partial charge in [-0.2, -0.15) is 13.2 Å². The van der Waals surface area contributed by atoms with Crippen LogP contribution in [0, 0.1) is 0 Å². The van der Waals surface area contributed by atoms with Gasteiger partial charge in [-0.1, -0.05) is 11.8 Å². The van der Waals surface area contributed by atoms with E-state index in [2.05, 4.69) is 15.3 Å². The standard InChI is InChI=1S/C14H15F3N6OS2/c1-25-11-10(19)12(23-13(20)22-11)26-5-9(24)21-8-4-6(14(15,16)17)2-3-7(8)18/h2-4H,5,18-19H2,1H3,(H,21,24)(H2,20,22,23). The summed E-state index contributed by atoms with van der Waals surface area (Å²) < 4.78 is 38.3. The molecule has 140 valence electrons. The minimum absolute atomic E-state index is 0.00795. The first kappa shape index (κ1) is 20.0. The van der Waals surface area contributed by atoms with Crippen LogP contribution in [-0.4, -0.2) is 27.9 Å². The van der Waals surface area contributed by atoms with E-state index in [1.807, 2.05) is 0 Å². The van der Waals surface area contributed by atoms with Crippen molar-refractivity contribution >= 4 is 52.4 Å². The summed E-state index contributed by atoms with van der Waals surface area (Å²) in [5.41, 5.74) is 16.4. The lowest BCUT2D eigenvalue weighted by Gasteiger charge is -2.12. The van der Waals surface area contributed by atoms with E-state index in [4.69, 9.17) is 17.2 Å². The number of nitrogen functional groups attached to an aromatic ring is 3. The lowest BCUT2D eigenvalue weighted by Crippen LogP contribution is -2.17. The van der Waals surface area contributed by atoms with Gasteiger partial charge >= 0.3 is 6.18 Å². The van der Waals surface area contributed by atoms with E-state index in [-0.39, 0.29) is 28.8 Å². The number of carbonyl (C=O) groups excluding carboxylic acids is 1. The van der Waals surface area contributed by atoms with Gasteiger partial charge in [0.1, 0.15) is 10.1 Å². The maximum atomic E-state index is 12.8.